The minimum atomic E-state index is 0.0404. The van der Waals surface area contributed by atoms with E-state index >= 15 is 0 Å². The largest absolute Gasteiger partial charge is 0.469 e. The Labute approximate surface area is 122 Å². The summed E-state index contributed by atoms with van der Waals surface area (Å²) in [5.41, 5.74) is 1.84. The Morgan fingerprint density at radius 1 is 1.24 bits per heavy atom. The molecule has 1 N–H and O–H groups in total. The van der Waals surface area contributed by atoms with Gasteiger partial charge in [-0.2, -0.15) is 0 Å². The zero-order chi connectivity index (χ0) is 14.5. The molecule has 0 radical (unpaired) electrons. The highest BCUT2D eigenvalue weighted by molar-refractivity contribution is 5.76. The van der Waals surface area contributed by atoms with Crippen molar-refractivity contribution in [3.8, 4) is 0 Å². The molecule has 0 spiro atoms. The fraction of sp³-hybridized carbons (Fsp3) is 0.250. The van der Waals surface area contributed by atoms with Crippen molar-refractivity contribution in [1.29, 1.82) is 0 Å². The van der Waals surface area contributed by atoms with Gasteiger partial charge in [0.2, 0.25) is 5.91 Å². The summed E-state index contributed by atoms with van der Waals surface area (Å²) in [7, 11) is 0. The minimum Gasteiger partial charge on any atom is -0.469 e. The molecule has 0 aliphatic carbocycles. The summed E-state index contributed by atoms with van der Waals surface area (Å²) in [5, 5.41) is 2.89. The molecule has 1 amide bonds. The highest BCUT2D eigenvalue weighted by Gasteiger charge is 2.05. The number of imidazole rings is 1. The fourth-order valence-corrected chi connectivity index (χ4v) is 2.22. The summed E-state index contributed by atoms with van der Waals surface area (Å²) < 4.78 is 7.18. The lowest BCUT2D eigenvalue weighted by molar-refractivity contribution is -0.121. The Bertz CT molecular complexity index is 683. The van der Waals surface area contributed by atoms with Gasteiger partial charge in [-0.05, 0) is 30.7 Å². The predicted octanol–water partition coefficient (Wildman–Crippen LogP) is 2.22. The van der Waals surface area contributed by atoms with Gasteiger partial charge in [-0.3, -0.25) is 4.79 Å². The van der Waals surface area contributed by atoms with E-state index in [1.807, 2.05) is 47.1 Å². The Hall–Kier alpha value is -2.56. The average Bonchev–Trinajstić information content (AvgIpc) is 3.13. The summed E-state index contributed by atoms with van der Waals surface area (Å²) in [6, 6.07) is 9.61. The molecule has 0 unspecified atom stereocenters. The number of nitrogens with zero attached hydrogens (tertiary/aromatic N) is 2. The Kier molecular flexibility index (Phi) is 4.00. The monoisotopic (exact) mass is 283 g/mol. The number of fused-ring (bicyclic) bond motifs is 1. The van der Waals surface area contributed by atoms with E-state index in [2.05, 4.69) is 10.3 Å². The molecule has 108 valence electrons. The number of pyridine rings is 1. The van der Waals surface area contributed by atoms with Crippen LogP contribution in [0.3, 0.4) is 0 Å². The molecule has 0 fully saturated rings. The molecule has 0 aromatic carbocycles. The maximum absolute atomic E-state index is 11.8. The van der Waals surface area contributed by atoms with Gasteiger partial charge in [-0.15, -0.1) is 0 Å². The smallest absolute Gasteiger partial charge is 0.220 e. The van der Waals surface area contributed by atoms with Crippen molar-refractivity contribution in [2.45, 2.75) is 19.3 Å². The molecule has 21 heavy (non-hydrogen) atoms. The molecular formula is C16H17N3O2. The van der Waals surface area contributed by atoms with E-state index in [1.165, 1.54) is 0 Å². The summed E-state index contributed by atoms with van der Waals surface area (Å²) >= 11 is 0. The third-order valence-corrected chi connectivity index (χ3v) is 3.30. The van der Waals surface area contributed by atoms with E-state index in [9.17, 15) is 4.79 Å². The van der Waals surface area contributed by atoms with E-state index < -0.39 is 0 Å². The lowest BCUT2D eigenvalue weighted by Gasteiger charge is -2.02. The Balaban J connectivity index is 1.44. The second-order valence-electron chi connectivity index (χ2n) is 4.88. The van der Waals surface area contributed by atoms with Crippen LogP contribution in [0.25, 0.3) is 5.65 Å². The SMILES string of the molecule is O=C(CCc1cn2ccccc2n1)NCCc1ccco1. The molecule has 0 atom stereocenters. The van der Waals surface area contributed by atoms with Gasteiger partial charge in [-0.1, -0.05) is 6.07 Å². The van der Waals surface area contributed by atoms with Crippen LogP contribution >= 0.6 is 0 Å². The number of nitrogens with one attached hydrogen (secondary N) is 1. The Morgan fingerprint density at radius 2 is 2.19 bits per heavy atom. The molecule has 3 aromatic rings. The first kappa shape index (κ1) is 13.4. The van der Waals surface area contributed by atoms with E-state index in [4.69, 9.17) is 4.42 Å². The highest BCUT2D eigenvalue weighted by Crippen LogP contribution is 2.06. The predicted molar refractivity (Wildman–Crippen MR) is 78.9 cm³/mol. The number of aromatic nitrogens is 2. The van der Waals surface area contributed by atoms with Crippen LogP contribution < -0.4 is 5.32 Å². The summed E-state index contributed by atoms with van der Waals surface area (Å²) in [6.45, 7) is 0.595. The van der Waals surface area contributed by atoms with Gasteiger partial charge in [0.1, 0.15) is 11.4 Å². The van der Waals surface area contributed by atoms with Crippen molar-refractivity contribution in [3.05, 3.63) is 60.4 Å². The minimum absolute atomic E-state index is 0.0404. The molecule has 3 rings (SSSR count). The maximum atomic E-state index is 11.8. The first-order valence-electron chi connectivity index (χ1n) is 7.03. The normalized spacial score (nSPS) is 10.9. The van der Waals surface area contributed by atoms with Crippen LogP contribution in [0.4, 0.5) is 0 Å². The molecule has 0 saturated heterocycles. The number of rotatable bonds is 6. The number of hydrogen-bond donors (Lipinski definition) is 1. The van der Waals surface area contributed by atoms with Crippen LogP contribution in [0, 0.1) is 0 Å². The number of furan rings is 1. The average molecular weight is 283 g/mol. The molecule has 3 aromatic heterocycles. The van der Waals surface area contributed by atoms with Crippen LogP contribution in [0.1, 0.15) is 17.9 Å². The van der Waals surface area contributed by atoms with E-state index in [-0.39, 0.29) is 5.91 Å². The standard InChI is InChI=1S/C16H17N3O2/c20-16(17-9-8-14-4-3-11-21-14)7-6-13-12-19-10-2-1-5-15(19)18-13/h1-5,10-12H,6-9H2,(H,17,20). The molecule has 5 heteroatoms. The van der Waals surface area contributed by atoms with Gasteiger partial charge in [0, 0.05) is 31.8 Å². The second-order valence-corrected chi connectivity index (χ2v) is 4.88. The number of aryl methyl sites for hydroxylation is 1. The van der Waals surface area contributed by atoms with Gasteiger partial charge in [0.05, 0.1) is 12.0 Å². The van der Waals surface area contributed by atoms with Crippen LogP contribution in [0.5, 0.6) is 0 Å². The fourth-order valence-electron chi connectivity index (χ4n) is 2.22. The lowest BCUT2D eigenvalue weighted by Crippen LogP contribution is -2.25. The van der Waals surface area contributed by atoms with Crippen LogP contribution in [-0.2, 0) is 17.6 Å². The van der Waals surface area contributed by atoms with Crippen molar-refractivity contribution in [2.75, 3.05) is 6.54 Å². The first-order chi connectivity index (χ1) is 10.3. The molecule has 0 bridgehead atoms. The van der Waals surface area contributed by atoms with Crippen molar-refractivity contribution in [3.63, 3.8) is 0 Å². The quantitative estimate of drug-likeness (QED) is 0.754. The van der Waals surface area contributed by atoms with Crippen molar-refractivity contribution in [1.82, 2.24) is 14.7 Å². The third-order valence-electron chi connectivity index (χ3n) is 3.30. The lowest BCUT2D eigenvalue weighted by atomic mass is 10.2. The topological polar surface area (TPSA) is 59.5 Å². The van der Waals surface area contributed by atoms with Gasteiger partial charge in [0.15, 0.2) is 0 Å². The molecular weight excluding hydrogens is 266 g/mol. The number of carbonyl (C=O) groups is 1. The van der Waals surface area contributed by atoms with Crippen LogP contribution in [0.15, 0.2) is 53.4 Å². The molecule has 5 nitrogen and oxygen atoms in total. The highest BCUT2D eigenvalue weighted by atomic mass is 16.3. The van der Waals surface area contributed by atoms with E-state index in [1.54, 1.807) is 6.26 Å². The maximum Gasteiger partial charge on any atom is 0.220 e. The number of amides is 1. The third kappa shape index (κ3) is 3.51. The van der Waals surface area contributed by atoms with Gasteiger partial charge >= 0.3 is 0 Å². The molecule has 0 saturated carbocycles. The zero-order valence-corrected chi connectivity index (χ0v) is 11.7. The summed E-state index contributed by atoms with van der Waals surface area (Å²) in [6.07, 6.45) is 7.37. The zero-order valence-electron chi connectivity index (χ0n) is 11.7. The van der Waals surface area contributed by atoms with E-state index in [0.29, 0.717) is 25.8 Å². The number of hydrogen-bond acceptors (Lipinski definition) is 3. The Morgan fingerprint density at radius 3 is 3.00 bits per heavy atom. The first-order valence-corrected chi connectivity index (χ1v) is 7.03. The van der Waals surface area contributed by atoms with Gasteiger partial charge in [-0.25, -0.2) is 4.98 Å². The van der Waals surface area contributed by atoms with Crippen molar-refractivity contribution in [2.24, 2.45) is 0 Å². The second kappa shape index (κ2) is 6.26. The van der Waals surface area contributed by atoms with Crippen LogP contribution in [0.2, 0.25) is 0 Å². The van der Waals surface area contributed by atoms with Gasteiger partial charge < -0.3 is 14.1 Å². The van der Waals surface area contributed by atoms with E-state index in [0.717, 1.165) is 17.1 Å². The molecule has 0 aliphatic heterocycles. The van der Waals surface area contributed by atoms with Gasteiger partial charge in [0.25, 0.3) is 0 Å². The molecule has 3 heterocycles. The number of carbonyl (C=O) groups excluding carboxylic acids is 1. The van der Waals surface area contributed by atoms with Crippen LogP contribution in [-0.4, -0.2) is 21.8 Å². The summed E-state index contributed by atoms with van der Waals surface area (Å²) in [5.74, 6) is 0.925. The van der Waals surface area contributed by atoms with Crippen molar-refractivity contribution >= 4 is 11.6 Å². The summed E-state index contributed by atoms with van der Waals surface area (Å²) in [4.78, 5) is 16.3. The van der Waals surface area contributed by atoms with Crippen molar-refractivity contribution < 1.29 is 9.21 Å². The molecule has 0 aliphatic rings.